The van der Waals surface area contributed by atoms with Crippen LogP contribution in [-0.2, 0) is 5.54 Å². The lowest BCUT2D eigenvalue weighted by Crippen LogP contribution is -2.48. The van der Waals surface area contributed by atoms with Crippen molar-refractivity contribution in [1.29, 1.82) is 0 Å². The molecule has 0 aliphatic carbocycles. The second kappa shape index (κ2) is 8.82. The van der Waals surface area contributed by atoms with Crippen LogP contribution in [0.4, 0.5) is 0 Å². The Bertz CT molecular complexity index is 774. The van der Waals surface area contributed by atoms with E-state index < -0.39 is 5.54 Å². The van der Waals surface area contributed by atoms with E-state index >= 15 is 0 Å². The number of likely N-dealkylation sites (N-methyl/N-ethyl adjacent to an activating group) is 1. The largest absolute Gasteiger partial charge is 0.345 e. The highest BCUT2D eigenvalue weighted by molar-refractivity contribution is 5.82. The molecule has 0 aromatic heterocycles. The van der Waals surface area contributed by atoms with Crippen molar-refractivity contribution in [2.75, 3.05) is 7.05 Å². The van der Waals surface area contributed by atoms with Crippen LogP contribution in [-0.4, -0.2) is 17.8 Å². The van der Waals surface area contributed by atoms with Crippen molar-refractivity contribution >= 4 is 5.84 Å². The molecule has 0 fully saturated rings. The van der Waals surface area contributed by atoms with Crippen LogP contribution in [0.15, 0.2) is 115 Å². The Hall–Kier alpha value is -3.13. The third kappa shape index (κ3) is 3.45. The molecule has 0 aliphatic heterocycles. The number of amidine groups is 1. The van der Waals surface area contributed by atoms with Gasteiger partial charge in [0.05, 0.1) is 0 Å². The maximum absolute atomic E-state index is 4.44. The minimum atomic E-state index is -0.588. The standard InChI is InChI=1S/C24H26N2/c1-6-15-21(7-2)24(22-16-11-9-12-17-22,23-18-13-10-14-19-23)26(5)20(4)25-8-3/h6-19H,1-3H2,4-5H3/b21-15+,25-20+. The van der Waals surface area contributed by atoms with E-state index in [1.54, 1.807) is 12.3 Å². The molecule has 0 radical (unpaired) electrons. The van der Waals surface area contributed by atoms with Crippen molar-refractivity contribution in [2.45, 2.75) is 12.5 Å². The number of hydrogen-bond donors (Lipinski definition) is 0. The molecule has 0 saturated carbocycles. The molecule has 132 valence electrons. The molecule has 2 nitrogen and oxygen atoms in total. The Kier molecular flexibility index (Phi) is 6.51. The van der Waals surface area contributed by atoms with Crippen molar-refractivity contribution in [2.24, 2.45) is 4.99 Å². The van der Waals surface area contributed by atoms with Crippen molar-refractivity contribution < 1.29 is 0 Å². The molecule has 0 heterocycles. The molecule has 0 aliphatic rings. The van der Waals surface area contributed by atoms with Gasteiger partial charge in [0.25, 0.3) is 0 Å². The van der Waals surface area contributed by atoms with Crippen LogP contribution in [0.5, 0.6) is 0 Å². The normalized spacial score (nSPS) is 12.4. The van der Waals surface area contributed by atoms with Gasteiger partial charge in [-0.2, -0.15) is 0 Å². The molecule has 2 heteroatoms. The molecule has 0 atom stereocenters. The highest BCUT2D eigenvalue weighted by Crippen LogP contribution is 2.42. The van der Waals surface area contributed by atoms with Gasteiger partial charge in [-0.15, -0.1) is 0 Å². The molecule has 26 heavy (non-hydrogen) atoms. The van der Waals surface area contributed by atoms with E-state index in [0.29, 0.717) is 0 Å². The molecule has 0 unspecified atom stereocenters. The van der Waals surface area contributed by atoms with Crippen molar-refractivity contribution in [3.05, 3.63) is 122 Å². The van der Waals surface area contributed by atoms with Gasteiger partial charge in [-0.3, -0.25) is 0 Å². The number of nitrogens with zero attached hydrogens (tertiary/aromatic N) is 2. The average molecular weight is 342 g/mol. The summed E-state index contributed by atoms with van der Waals surface area (Å²) in [7, 11) is 2.04. The van der Waals surface area contributed by atoms with E-state index in [1.165, 1.54) is 0 Å². The molecule has 2 aromatic carbocycles. The Morgan fingerprint density at radius 2 is 1.42 bits per heavy atom. The fraction of sp³-hybridized carbons (Fsp3) is 0.125. The maximum Gasteiger partial charge on any atom is 0.117 e. The lowest BCUT2D eigenvalue weighted by Gasteiger charge is -2.45. The van der Waals surface area contributed by atoms with Crippen molar-refractivity contribution in [3.63, 3.8) is 0 Å². The van der Waals surface area contributed by atoms with Crippen LogP contribution in [0.3, 0.4) is 0 Å². The minimum Gasteiger partial charge on any atom is -0.345 e. The summed E-state index contributed by atoms with van der Waals surface area (Å²) in [6.07, 6.45) is 7.26. The summed E-state index contributed by atoms with van der Waals surface area (Å²) in [4.78, 5) is 6.60. The van der Waals surface area contributed by atoms with Gasteiger partial charge < -0.3 is 4.90 Å². The second-order valence-corrected chi connectivity index (χ2v) is 5.92. The van der Waals surface area contributed by atoms with Crippen molar-refractivity contribution in [1.82, 2.24) is 4.90 Å². The zero-order chi connectivity index (χ0) is 19.0. The fourth-order valence-electron chi connectivity index (χ4n) is 3.36. The van der Waals surface area contributed by atoms with E-state index in [-0.39, 0.29) is 0 Å². The number of benzene rings is 2. The molecule has 2 rings (SSSR count). The van der Waals surface area contributed by atoms with E-state index in [1.807, 2.05) is 38.3 Å². The van der Waals surface area contributed by atoms with Crippen LogP contribution in [0.25, 0.3) is 0 Å². The first-order valence-corrected chi connectivity index (χ1v) is 8.58. The van der Waals surface area contributed by atoms with Gasteiger partial charge in [0.2, 0.25) is 0 Å². The summed E-state index contributed by atoms with van der Waals surface area (Å²) in [5, 5.41) is 0. The van der Waals surface area contributed by atoms with Gasteiger partial charge >= 0.3 is 0 Å². The Morgan fingerprint density at radius 1 is 0.923 bits per heavy atom. The summed E-state index contributed by atoms with van der Waals surface area (Å²) in [6, 6.07) is 20.8. The SMILES string of the molecule is C=C/C=C(\C=C)C(c1ccccc1)(c1ccccc1)N(C)/C(C)=N/C=C. The summed E-state index contributed by atoms with van der Waals surface area (Å²) in [6.45, 7) is 13.7. The lowest BCUT2D eigenvalue weighted by molar-refractivity contribution is 0.314. The smallest absolute Gasteiger partial charge is 0.117 e. The number of rotatable bonds is 7. The van der Waals surface area contributed by atoms with E-state index in [2.05, 4.69) is 78.2 Å². The third-order valence-electron chi connectivity index (χ3n) is 4.58. The monoisotopic (exact) mass is 342 g/mol. The van der Waals surface area contributed by atoms with Gasteiger partial charge in [0.15, 0.2) is 0 Å². The number of allylic oxidation sites excluding steroid dienone is 2. The highest BCUT2D eigenvalue weighted by atomic mass is 15.2. The first-order chi connectivity index (χ1) is 12.6. The van der Waals surface area contributed by atoms with E-state index in [4.69, 9.17) is 0 Å². The highest BCUT2D eigenvalue weighted by Gasteiger charge is 2.41. The molecule has 0 bridgehead atoms. The zero-order valence-electron chi connectivity index (χ0n) is 15.6. The Labute approximate surface area is 157 Å². The topological polar surface area (TPSA) is 15.6 Å². The van der Waals surface area contributed by atoms with E-state index in [0.717, 1.165) is 22.5 Å². The number of hydrogen-bond acceptors (Lipinski definition) is 1. The Balaban J connectivity index is 2.95. The summed E-state index contributed by atoms with van der Waals surface area (Å²) in [5.74, 6) is 0.851. The molecule has 0 saturated heterocycles. The first kappa shape index (κ1) is 19.2. The van der Waals surface area contributed by atoms with Gasteiger partial charge in [0.1, 0.15) is 11.4 Å². The van der Waals surface area contributed by atoms with Gasteiger partial charge in [-0.05, 0) is 23.6 Å². The molecule has 0 spiro atoms. The predicted octanol–water partition coefficient (Wildman–Crippen LogP) is 5.72. The molecule has 2 aromatic rings. The van der Waals surface area contributed by atoms with Crippen LogP contribution in [0.1, 0.15) is 18.1 Å². The molecule has 0 amide bonds. The van der Waals surface area contributed by atoms with Crippen molar-refractivity contribution in [3.8, 4) is 0 Å². The third-order valence-corrected chi connectivity index (χ3v) is 4.58. The second-order valence-electron chi connectivity index (χ2n) is 5.92. The van der Waals surface area contributed by atoms with E-state index in [9.17, 15) is 0 Å². The molecular weight excluding hydrogens is 316 g/mol. The van der Waals surface area contributed by atoms with Crippen LogP contribution < -0.4 is 0 Å². The van der Waals surface area contributed by atoms with Crippen LogP contribution >= 0.6 is 0 Å². The predicted molar refractivity (Wildman–Crippen MR) is 113 cm³/mol. The van der Waals surface area contributed by atoms with Gasteiger partial charge in [-0.1, -0.05) is 98.6 Å². The molecular formula is C24H26N2. The maximum atomic E-state index is 4.44. The molecule has 0 N–H and O–H groups in total. The summed E-state index contributed by atoms with van der Waals surface area (Å²) >= 11 is 0. The zero-order valence-corrected chi connectivity index (χ0v) is 15.6. The minimum absolute atomic E-state index is 0.588. The number of aliphatic imine (C=N–C) groups is 1. The Morgan fingerprint density at radius 3 is 1.81 bits per heavy atom. The summed E-state index contributed by atoms with van der Waals surface area (Å²) < 4.78 is 0. The average Bonchev–Trinajstić information content (AvgIpc) is 2.69. The van der Waals surface area contributed by atoms with Crippen LogP contribution in [0.2, 0.25) is 0 Å². The fourth-order valence-corrected chi connectivity index (χ4v) is 3.36. The lowest BCUT2D eigenvalue weighted by atomic mass is 9.75. The van der Waals surface area contributed by atoms with Gasteiger partial charge in [0, 0.05) is 13.2 Å². The van der Waals surface area contributed by atoms with Gasteiger partial charge in [-0.25, -0.2) is 4.99 Å². The first-order valence-electron chi connectivity index (χ1n) is 8.58. The summed E-state index contributed by atoms with van der Waals surface area (Å²) in [5.41, 5.74) is 2.68. The van der Waals surface area contributed by atoms with Crippen LogP contribution in [0, 0.1) is 0 Å². The quantitative estimate of drug-likeness (QED) is 0.357.